The molecule has 20 heavy (non-hydrogen) atoms. The Balaban J connectivity index is 2.55. The van der Waals surface area contributed by atoms with Crippen molar-refractivity contribution in [3.8, 4) is 0 Å². The number of nitrogens with one attached hydrogen (secondary N) is 4. The molecule has 4 heteroatoms. The molecular weight excluding hydrogens is 248 g/mol. The molecule has 0 aromatic heterocycles. The van der Waals surface area contributed by atoms with Crippen molar-refractivity contribution in [2.45, 2.75) is 65.5 Å². The van der Waals surface area contributed by atoms with E-state index in [9.17, 15) is 0 Å². The summed E-state index contributed by atoms with van der Waals surface area (Å²) in [5.74, 6) is 0. The summed E-state index contributed by atoms with van der Waals surface area (Å²) in [5, 5.41) is 14.3. The minimum absolute atomic E-state index is 0.142. The summed E-state index contributed by atoms with van der Waals surface area (Å²) < 4.78 is 0. The first kappa shape index (κ1) is 17.9. The SMILES string of the molecule is C[C]1CC(C)(C)NCCN[C](C)CC(C)(C)NCCN1. The van der Waals surface area contributed by atoms with E-state index < -0.39 is 0 Å². The van der Waals surface area contributed by atoms with Gasteiger partial charge in [0, 0.05) is 49.3 Å². The van der Waals surface area contributed by atoms with Gasteiger partial charge in [0.1, 0.15) is 0 Å². The lowest BCUT2D eigenvalue weighted by atomic mass is 9.94. The van der Waals surface area contributed by atoms with Crippen LogP contribution in [0, 0.1) is 12.1 Å². The van der Waals surface area contributed by atoms with Crippen LogP contribution in [0.3, 0.4) is 0 Å². The zero-order chi connectivity index (χ0) is 15.2. The summed E-state index contributed by atoms with van der Waals surface area (Å²) >= 11 is 0. The van der Waals surface area contributed by atoms with Crippen LogP contribution >= 0.6 is 0 Å². The Kier molecular flexibility index (Phi) is 6.92. The van der Waals surface area contributed by atoms with Crippen molar-refractivity contribution in [1.29, 1.82) is 0 Å². The monoisotopic (exact) mass is 282 g/mol. The summed E-state index contributed by atoms with van der Waals surface area (Å²) in [7, 11) is 0. The molecule has 0 unspecified atom stereocenters. The molecule has 1 saturated heterocycles. The fourth-order valence-corrected chi connectivity index (χ4v) is 2.93. The molecule has 0 aromatic carbocycles. The van der Waals surface area contributed by atoms with Crippen molar-refractivity contribution in [1.82, 2.24) is 21.3 Å². The molecule has 1 aliphatic heterocycles. The highest BCUT2D eigenvalue weighted by Crippen LogP contribution is 2.17. The van der Waals surface area contributed by atoms with Crippen LogP contribution in [-0.2, 0) is 0 Å². The van der Waals surface area contributed by atoms with Gasteiger partial charge in [-0.05, 0) is 54.4 Å². The first-order chi connectivity index (χ1) is 9.20. The first-order valence-electron chi connectivity index (χ1n) is 7.83. The first-order valence-corrected chi connectivity index (χ1v) is 7.83. The second-order valence-corrected chi connectivity index (χ2v) is 7.39. The zero-order valence-corrected chi connectivity index (χ0v) is 14.2. The Labute approximate surface area is 125 Å². The van der Waals surface area contributed by atoms with Gasteiger partial charge in [0.15, 0.2) is 0 Å². The minimum Gasteiger partial charge on any atom is -0.310 e. The van der Waals surface area contributed by atoms with Crippen molar-refractivity contribution in [2.75, 3.05) is 26.2 Å². The predicted octanol–water partition coefficient (Wildman–Crippen LogP) is 1.80. The number of hydrogen-bond acceptors (Lipinski definition) is 4. The molecule has 0 atom stereocenters. The average molecular weight is 282 g/mol. The van der Waals surface area contributed by atoms with Crippen LogP contribution in [0.1, 0.15) is 54.4 Å². The van der Waals surface area contributed by atoms with Gasteiger partial charge >= 0.3 is 0 Å². The van der Waals surface area contributed by atoms with Crippen molar-refractivity contribution < 1.29 is 0 Å². The molecule has 0 aromatic rings. The number of rotatable bonds is 0. The van der Waals surface area contributed by atoms with E-state index >= 15 is 0 Å². The molecule has 1 fully saturated rings. The van der Waals surface area contributed by atoms with Gasteiger partial charge in [-0.15, -0.1) is 0 Å². The smallest absolute Gasteiger partial charge is 0.0351 e. The van der Waals surface area contributed by atoms with E-state index in [-0.39, 0.29) is 11.1 Å². The summed E-state index contributed by atoms with van der Waals surface area (Å²) in [6.45, 7) is 17.4. The van der Waals surface area contributed by atoms with Crippen LogP contribution < -0.4 is 21.3 Å². The standard InChI is InChI=1S/C16H34N4/c1-13-11-15(3,4)19-10-8-18-14(2)12-16(5,6)20-9-7-17-13/h17-20H,7-12H2,1-6H3. The Bertz CT molecular complexity index is 248. The Morgan fingerprint density at radius 3 is 1.35 bits per heavy atom. The van der Waals surface area contributed by atoms with E-state index in [1.807, 2.05) is 0 Å². The van der Waals surface area contributed by atoms with Gasteiger partial charge < -0.3 is 21.3 Å². The predicted molar refractivity (Wildman–Crippen MR) is 87.2 cm³/mol. The molecule has 0 aliphatic carbocycles. The highest BCUT2D eigenvalue weighted by Gasteiger charge is 2.23. The Hall–Kier alpha value is -0.160. The quantitative estimate of drug-likeness (QED) is 0.547. The molecule has 0 spiro atoms. The number of hydrogen-bond donors (Lipinski definition) is 4. The van der Waals surface area contributed by atoms with Crippen molar-refractivity contribution >= 4 is 0 Å². The Morgan fingerprint density at radius 1 is 0.650 bits per heavy atom. The lowest BCUT2D eigenvalue weighted by Gasteiger charge is -2.33. The van der Waals surface area contributed by atoms with Crippen LogP contribution in [0.5, 0.6) is 0 Å². The molecule has 1 heterocycles. The molecule has 118 valence electrons. The highest BCUT2D eigenvalue weighted by molar-refractivity contribution is 4.96. The van der Waals surface area contributed by atoms with Crippen LogP contribution in [0.4, 0.5) is 0 Å². The van der Waals surface area contributed by atoms with Crippen molar-refractivity contribution in [3.05, 3.63) is 12.1 Å². The van der Waals surface area contributed by atoms with Gasteiger partial charge in [-0.2, -0.15) is 0 Å². The fourth-order valence-electron chi connectivity index (χ4n) is 2.93. The average Bonchev–Trinajstić information content (AvgIpc) is 2.28. The van der Waals surface area contributed by atoms with E-state index in [2.05, 4.69) is 62.8 Å². The van der Waals surface area contributed by atoms with Crippen molar-refractivity contribution in [3.63, 3.8) is 0 Å². The molecule has 1 rings (SSSR count). The largest absolute Gasteiger partial charge is 0.310 e. The molecule has 0 amide bonds. The maximum Gasteiger partial charge on any atom is 0.0351 e. The van der Waals surface area contributed by atoms with E-state index in [1.165, 1.54) is 12.1 Å². The molecule has 4 nitrogen and oxygen atoms in total. The lowest BCUT2D eigenvalue weighted by molar-refractivity contribution is 0.328. The van der Waals surface area contributed by atoms with Crippen LogP contribution in [-0.4, -0.2) is 37.3 Å². The zero-order valence-electron chi connectivity index (χ0n) is 14.2. The third-order valence-electron chi connectivity index (χ3n) is 3.72. The second kappa shape index (κ2) is 7.74. The highest BCUT2D eigenvalue weighted by atomic mass is 15.1. The second-order valence-electron chi connectivity index (χ2n) is 7.39. The third kappa shape index (κ3) is 7.58. The van der Waals surface area contributed by atoms with Gasteiger partial charge in [0.25, 0.3) is 0 Å². The summed E-state index contributed by atoms with van der Waals surface area (Å²) in [4.78, 5) is 0. The Morgan fingerprint density at radius 2 is 1.00 bits per heavy atom. The van der Waals surface area contributed by atoms with Crippen LogP contribution in [0.25, 0.3) is 0 Å². The maximum absolute atomic E-state index is 3.63. The van der Waals surface area contributed by atoms with E-state index in [0.717, 1.165) is 39.0 Å². The summed E-state index contributed by atoms with van der Waals surface area (Å²) in [6, 6.07) is 2.71. The fraction of sp³-hybridized carbons (Fsp3) is 0.875. The normalized spacial score (nSPS) is 27.9. The minimum atomic E-state index is 0.142. The lowest BCUT2D eigenvalue weighted by Crippen LogP contribution is -2.49. The van der Waals surface area contributed by atoms with Gasteiger partial charge in [0.2, 0.25) is 0 Å². The molecule has 0 saturated carbocycles. The van der Waals surface area contributed by atoms with Gasteiger partial charge in [-0.3, -0.25) is 0 Å². The van der Waals surface area contributed by atoms with Gasteiger partial charge in [0.05, 0.1) is 0 Å². The topological polar surface area (TPSA) is 48.1 Å². The van der Waals surface area contributed by atoms with E-state index in [0.29, 0.717) is 0 Å². The molecule has 1 aliphatic rings. The summed E-state index contributed by atoms with van der Waals surface area (Å²) in [6.07, 6.45) is 2.11. The third-order valence-corrected chi connectivity index (χ3v) is 3.72. The molecule has 2 radical (unpaired) electrons. The van der Waals surface area contributed by atoms with Crippen molar-refractivity contribution in [2.24, 2.45) is 0 Å². The van der Waals surface area contributed by atoms with Gasteiger partial charge in [-0.25, -0.2) is 0 Å². The summed E-state index contributed by atoms with van der Waals surface area (Å²) in [5.41, 5.74) is 0.285. The van der Waals surface area contributed by atoms with Crippen LogP contribution in [0.15, 0.2) is 0 Å². The van der Waals surface area contributed by atoms with Gasteiger partial charge in [-0.1, -0.05) is 0 Å². The van der Waals surface area contributed by atoms with Crippen LogP contribution in [0.2, 0.25) is 0 Å². The molecule has 0 bridgehead atoms. The molecule has 4 N–H and O–H groups in total. The maximum atomic E-state index is 3.63. The molecular formula is C16H34N4. The van der Waals surface area contributed by atoms with E-state index in [1.54, 1.807) is 0 Å². The van der Waals surface area contributed by atoms with E-state index in [4.69, 9.17) is 0 Å².